The lowest BCUT2D eigenvalue weighted by Crippen LogP contribution is -2.53. The van der Waals surface area contributed by atoms with Crippen molar-refractivity contribution < 1.29 is 19.4 Å². The van der Waals surface area contributed by atoms with Gasteiger partial charge in [0.2, 0.25) is 0 Å². The molecule has 1 saturated heterocycles. The number of aromatic amines is 1. The fraction of sp³-hybridized carbons (Fsp3) is 0.360. The van der Waals surface area contributed by atoms with E-state index in [1.54, 1.807) is 30.2 Å². The van der Waals surface area contributed by atoms with Gasteiger partial charge >= 0.3 is 6.03 Å². The highest BCUT2D eigenvalue weighted by atomic mass is 16.5. The van der Waals surface area contributed by atoms with Crippen LogP contribution in [-0.2, 0) is 11.2 Å². The number of rotatable bonds is 5. The van der Waals surface area contributed by atoms with Gasteiger partial charge in [-0.15, -0.1) is 0 Å². The lowest BCUT2D eigenvalue weighted by Gasteiger charge is -2.42. The molecular weight excluding hydrogens is 420 g/mol. The Morgan fingerprint density at radius 3 is 2.70 bits per heavy atom. The molecule has 0 bridgehead atoms. The third-order valence-electron chi connectivity index (χ3n) is 6.83. The lowest BCUT2D eigenvalue weighted by molar-refractivity contribution is -0.133. The van der Waals surface area contributed by atoms with Crippen LogP contribution >= 0.6 is 0 Å². The molecule has 3 heterocycles. The number of phenolic OH excluding ortho intramolecular Hbond substituents is 1. The zero-order valence-corrected chi connectivity index (χ0v) is 19.3. The average Bonchev–Trinajstić information content (AvgIpc) is 3.22. The molecular formula is C25H28N4O4. The fourth-order valence-corrected chi connectivity index (χ4v) is 5.16. The van der Waals surface area contributed by atoms with Crippen LogP contribution in [0.2, 0.25) is 0 Å². The molecule has 1 aromatic heterocycles. The molecule has 8 heteroatoms. The molecule has 0 spiro atoms. The minimum absolute atomic E-state index is 0.113. The first-order valence-corrected chi connectivity index (χ1v) is 11.0. The van der Waals surface area contributed by atoms with Crippen molar-refractivity contribution in [1.29, 1.82) is 0 Å². The van der Waals surface area contributed by atoms with Crippen LogP contribution in [0.4, 0.5) is 4.79 Å². The largest absolute Gasteiger partial charge is 0.508 e. The van der Waals surface area contributed by atoms with Crippen molar-refractivity contribution in [2.75, 3.05) is 34.3 Å². The summed E-state index contributed by atoms with van der Waals surface area (Å²) in [5, 5.41) is 11.2. The number of aromatic nitrogens is 1. The van der Waals surface area contributed by atoms with E-state index in [4.69, 9.17) is 4.74 Å². The van der Waals surface area contributed by atoms with Gasteiger partial charge in [-0.05, 0) is 62.5 Å². The molecule has 3 aromatic rings. The molecule has 2 N–H and O–H groups in total. The summed E-state index contributed by atoms with van der Waals surface area (Å²) in [7, 11) is 5.46. The van der Waals surface area contributed by atoms with Gasteiger partial charge in [0.25, 0.3) is 5.91 Å². The predicted molar refractivity (Wildman–Crippen MR) is 124 cm³/mol. The number of nitrogens with one attached hydrogen (secondary N) is 1. The number of aromatic hydroxyl groups is 1. The van der Waals surface area contributed by atoms with Crippen LogP contribution in [0.25, 0.3) is 10.9 Å². The first-order chi connectivity index (χ1) is 15.7. The molecule has 2 aliphatic heterocycles. The molecule has 2 aliphatic rings. The number of nitrogens with zero attached hydrogens (tertiary/aromatic N) is 3. The minimum atomic E-state index is -1.04. The number of phenols is 1. The number of hydrogen-bond donors (Lipinski definition) is 2. The van der Waals surface area contributed by atoms with Gasteiger partial charge in [-0.3, -0.25) is 14.6 Å². The summed E-state index contributed by atoms with van der Waals surface area (Å²) in [5.74, 6) is 0.649. The Hall–Kier alpha value is -3.52. The van der Waals surface area contributed by atoms with Crippen molar-refractivity contribution in [3.8, 4) is 11.5 Å². The van der Waals surface area contributed by atoms with E-state index in [0.29, 0.717) is 19.5 Å². The second-order valence-electron chi connectivity index (χ2n) is 9.29. The topological polar surface area (TPSA) is 89.1 Å². The van der Waals surface area contributed by atoms with Crippen molar-refractivity contribution in [2.45, 2.75) is 24.9 Å². The Balaban J connectivity index is 1.72. The number of carbonyl (C=O) groups is 2. The second kappa shape index (κ2) is 7.52. The van der Waals surface area contributed by atoms with Gasteiger partial charge < -0.3 is 19.7 Å². The number of urea groups is 1. The first-order valence-electron chi connectivity index (χ1n) is 11.0. The Kier molecular flexibility index (Phi) is 4.86. The van der Waals surface area contributed by atoms with Gasteiger partial charge in [-0.25, -0.2) is 4.79 Å². The Labute approximate surface area is 192 Å². The van der Waals surface area contributed by atoms with E-state index in [0.717, 1.165) is 33.5 Å². The zero-order chi connectivity index (χ0) is 23.5. The number of carbonyl (C=O) groups excluding carboxylic acids is 2. The third-order valence-corrected chi connectivity index (χ3v) is 6.83. The summed E-state index contributed by atoms with van der Waals surface area (Å²) in [6.07, 6.45) is 0.397. The maximum atomic E-state index is 13.7. The van der Waals surface area contributed by atoms with Gasteiger partial charge in [-0.1, -0.05) is 12.1 Å². The zero-order valence-electron chi connectivity index (χ0n) is 19.3. The number of H-pyrrole nitrogens is 1. The van der Waals surface area contributed by atoms with Gasteiger partial charge in [0.15, 0.2) is 0 Å². The summed E-state index contributed by atoms with van der Waals surface area (Å²) in [5.41, 5.74) is 2.48. The molecule has 0 aliphatic carbocycles. The maximum absolute atomic E-state index is 13.7. The van der Waals surface area contributed by atoms with E-state index in [1.165, 1.54) is 4.90 Å². The normalized spacial score (nSPS) is 22.3. The van der Waals surface area contributed by atoms with E-state index in [9.17, 15) is 14.7 Å². The summed E-state index contributed by atoms with van der Waals surface area (Å²) in [4.78, 5) is 35.9. The number of imide groups is 1. The quantitative estimate of drug-likeness (QED) is 0.586. The monoisotopic (exact) mass is 448 g/mol. The summed E-state index contributed by atoms with van der Waals surface area (Å²) < 4.78 is 5.44. The van der Waals surface area contributed by atoms with E-state index < -0.39 is 11.6 Å². The van der Waals surface area contributed by atoms with Gasteiger partial charge in [-0.2, -0.15) is 0 Å². The molecule has 2 atom stereocenters. The first kappa shape index (κ1) is 21.3. The molecule has 0 radical (unpaired) electrons. The van der Waals surface area contributed by atoms with E-state index >= 15 is 0 Å². The second-order valence-corrected chi connectivity index (χ2v) is 9.29. The molecule has 1 fully saturated rings. The van der Waals surface area contributed by atoms with Crippen LogP contribution in [0.3, 0.4) is 0 Å². The smallest absolute Gasteiger partial charge is 0.328 e. The third kappa shape index (κ3) is 3.16. The van der Waals surface area contributed by atoms with Crippen molar-refractivity contribution in [3.05, 3.63) is 59.3 Å². The molecule has 172 valence electrons. The molecule has 0 saturated carbocycles. The molecule has 5 rings (SSSR count). The fourth-order valence-electron chi connectivity index (χ4n) is 5.16. The van der Waals surface area contributed by atoms with Gasteiger partial charge in [0.05, 0.1) is 7.11 Å². The number of methoxy groups -OCH3 is 1. The molecule has 8 nitrogen and oxygen atoms in total. The highest BCUT2D eigenvalue weighted by molar-refractivity contribution is 6.08. The van der Waals surface area contributed by atoms with Crippen molar-refractivity contribution >= 4 is 22.8 Å². The van der Waals surface area contributed by atoms with E-state index in [-0.39, 0.29) is 17.7 Å². The predicted octanol–water partition coefficient (Wildman–Crippen LogP) is 3.11. The number of ether oxygens (including phenoxy) is 1. The minimum Gasteiger partial charge on any atom is -0.508 e. The van der Waals surface area contributed by atoms with Gasteiger partial charge in [0.1, 0.15) is 23.1 Å². The number of benzene rings is 2. The van der Waals surface area contributed by atoms with E-state index in [1.807, 2.05) is 50.2 Å². The number of fused-ring (bicyclic) bond motifs is 4. The van der Waals surface area contributed by atoms with Crippen molar-refractivity contribution in [3.63, 3.8) is 0 Å². The average molecular weight is 449 g/mol. The highest BCUT2D eigenvalue weighted by Gasteiger charge is 2.60. The number of amides is 3. The standard InChI is InChI=1S/C25H28N4O4/c1-25-14-19-18-13-17(33-4)8-9-20(18)26-21(19)22(15-6-5-7-16(30)12-15)29(25)24(32)28(23(25)31)11-10-27(2)3/h5-9,12-13,22,26,30H,10-11,14H2,1-4H3/t22-,25?/m1/s1. The van der Waals surface area contributed by atoms with Crippen LogP contribution in [-0.4, -0.2) is 76.6 Å². The Bertz CT molecular complexity index is 1270. The van der Waals surface area contributed by atoms with Crippen LogP contribution in [0.1, 0.15) is 29.8 Å². The van der Waals surface area contributed by atoms with Crippen LogP contribution in [0, 0.1) is 0 Å². The summed E-state index contributed by atoms with van der Waals surface area (Å²) >= 11 is 0. The van der Waals surface area contributed by atoms with E-state index in [2.05, 4.69) is 4.98 Å². The molecule has 3 amide bonds. The molecule has 2 aromatic carbocycles. The van der Waals surface area contributed by atoms with Crippen molar-refractivity contribution in [1.82, 2.24) is 19.7 Å². The Morgan fingerprint density at radius 1 is 1.21 bits per heavy atom. The van der Waals surface area contributed by atoms with Crippen LogP contribution < -0.4 is 4.74 Å². The van der Waals surface area contributed by atoms with Crippen LogP contribution in [0.5, 0.6) is 11.5 Å². The van der Waals surface area contributed by atoms with Gasteiger partial charge in [0, 0.05) is 36.1 Å². The van der Waals surface area contributed by atoms with Crippen LogP contribution in [0.15, 0.2) is 42.5 Å². The molecule has 33 heavy (non-hydrogen) atoms. The summed E-state index contributed by atoms with van der Waals surface area (Å²) in [6.45, 7) is 2.76. The maximum Gasteiger partial charge on any atom is 0.328 e. The highest BCUT2D eigenvalue weighted by Crippen LogP contribution is 2.49. The molecule has 1 unspecified atom stereocenters. The van der Waals surface area contributed by atoms with Crippen molar-refractivity contribution in [2.24, 2.45) is 0 Å². The Morgan fingerprint density at radius 2 is 2.00 bits per heavy atom. The SMILES string of the molecule is COc1ccc2[nH]c3c(c2c1)CC1(C)C(=O)N(CCN(C)C)C(=O)N1[C@@H]3c1cccc(O)c1. The summed E-state index contributed by atoms with van der Waals surface area (Å²) in [6, 6.07) is 11.9. The number of hydrogen-bond acceptors (Lipinski definition) is 5. The number of likely N-dealkylation sites (N-methyl/N-ethyl adjacent to an activating group) is 1. The lowest BCUT2D eigenvalue weighted by atomic mass is 9.81.